The number of fused-ring (bicyclic) bond motifs is 1. The Morgan fingerprint density at radius 3 is 1.95 bits per heavy atom. The maximum absolute atomic E-state index is 14.8. The monoisotopic (exact) mass is 618 g/mol. The first-order chi connectivity index (χ1) is 19.8. The van der Waals surface area contributed by atoms with Gasteiger partial charge < -0.3 is 10.4 Å². The summed E-state index contributed by atoms with van der Waals surface area (Å²) in [6, 6.07) is 27.6. The van der Waals surface area contributed by atoms with Crippen molar-refractivity contribution in [2.75, 3.05) is 9.62 Å². The normalized spacial score (nSPS) is 12.0. The van der Waals surface area contributed by atoms with E-state index in [1.807, 2.05) is 82.3 Å². The van der Waals surface area contributed by atoms with Crippen LogP contribution < -0.4 is 9.62 Å². The van der Waals surface area contributed by atoms with Gasteiger partial charge in [0, 0.05) is 22.1 Å². The SMILES string of the molecule is Cc1ccc(Nc2cc(C(C)(C)C)c(N(c3cc(Cl)c(O)c(Cl)c3)S(=O)(=O)c3ccccc3C)c3ccccc23)cc1. The number of phenolic OH excluding ortho intramolecular Hbond substituents is 1. The van der Waals surface area contributed by atoms with Gasteiger partial charge in [-0.1, -0.05) is 104 Å². The average molecular weight is 620 g/mol. The molecule has 0 heterocycles. The summed E-state index contributed by atoms with van der Waals surface area (Å²) in [7, 11) is -4.22. The minimum Gasteiger partial charge on any atom is -0.505 e. The molecule has 5 nitrogen and oxygen atoms in total. The zero-order valence-electron chi connectivity index (χ0n) is 24.0. The summed E-state index contributed by atoms with van der Waals surface area (Å²) < 4.78 is 30.8. The highest BCUT2D eigenvalue weighted by atomic mass is 35.5. The predicted molar refractivity (Wildman–Crippen MR) is 176 cm³/mol. The van der Waals surface area contributed by atoms with Crippen molar-refractivity contribution in [3.05, 3.63) is 118 Å². The first-order valence-corrected chi connectivity index (χ1v) is 15.7. The van der Waals surface area contributed by atoms with Gasteiger partial charge in [0.1, 0.15) is 0 Å². The largest absolute Gasteiger partial charge is 0.505 e. The minimum absolute atomic E-state index is 0.0539. The molecular formula is C34H32Cl2N2O3S. The van der Waals surface area contributed by atoms with Crippen LogP contribution in [0.5, 0.6) is 5.75 Å². The number of rotatable bonds is 6. The smallest absolute Gasteiger partial charge is 0.268 e. The van der Waals surface area contributed by atoms with Crippen LogP contribution in [-0.2, 0) is 15.4 Å². The van der Waals surface area contributed by atoms with Gasteiger partial charge in [0.05, 0.1) is 26.3 Å². The van der Waals surface area contributed by atoms with E-state index in [9.17, 15) is 13.5 Å². The van der Waals surface area contributed by atoms with E-state index in [1.54, 1.807) is 31.2 Å². The molecule has 0 bridgehead atoms. The fourth-order valence-electron chi connectivity index (χ4n) is 5.05. The van der Waals surface area contributed by atoms with Gasteiger partial charge in [-0.3, -0.25) is 0 Å². The molecule has 0 saturated carbocycles. The van der Waals surface area contributed by atoms with Gasteiger partial charge in [-0.2, -0.15) is 0 Å². The van der Waals surface area contributed by atoms with Crippen molar-refractivity contribution in [3.8, 4) is 5.75 Å². The lowest BCUT2D eigenvalue weighted by Crippen LogP contribution is -2.30. The summed E-state index contributed by atoms with van der Waals surface area (Å²) >= 11 is 12.8. The second-order valence-corrected chi connectivity index (χ2v) is 14.0. The molecule has 0 aromatic heterocycles. The average Bonchev–Trinajstić information content (AvgIpc) is 2.93. The summed E-state index contributed by atoms with van der Waals surface area (Å²) in [5.74, 6) is -0.311. The summed E-state index contributed by atoms with van der Waals surface area (Å²) in [5, 5.41) is 15.4. The van der Waals surface area contributed by atoms with Crippen molar-refractivity contribution in [1.82, 2.24) is 0 Å². The van der Waals surface area contributed by atoms with Crippen LogP contribution in [0.4, 0.5) is 22.7 Å². The number of hydrogen-bond donors (Lipinski definition) is 2. The zero-order valence-corrected chi connectivity index (χ0v) is 26.4. The van der Waals surface area contributed by atoms with Gasteiger partial charge >= 0.3 is 0 Å². The minimum atomic E-state index is -4.22. The standard InChI is InChI=1S/C34H32Cl2N2O3S/c1-21-14-16-23(17-15-21)37-30-20-27(34(3,4)5)32(26-12-8-7-11-25(26)30)38(24-18-28(35)33(39)29(36)19-24)42(40,41)31-13-9-6-10-22(31)2/h6-20,37,39H,1-5H3. The van der Waals surface area contributed by atoms with E-state index < -0.39 is 15.4 Å². The van der Waals surface area contributed by atoms with E-state index in [0.717, 1.165) is 33.3 Å². The third-order valence-electron chi connectivity index (χ3n) is 7.21. The van der Waals surface area contributed by atoms with Gasteiger partial charge in [-0.15, -0.1) is 0 Å². The van der Waals surface area contributed by atoms with E-state index in [2.05, 4.69) is 5.32 Å². The van der Waals surface area contributed by atoms with Gasteiger partial charge in [0.2, 0.25) is 0 Å². The number of aryl methyl sites for hydroxylation is 2. The molecule has 0 atom stereocenters. The molecular weight excluding hydrogens is 587 g/mol. The molecule has 0 saturated heterocycles. The quantitative estimate of drug-likeness (QED) is 0.199. The lowest BCUT2D eigenvalue weighted by molar-refractivity contribution is 0.476. The van der Waals surface area contributed by atoms with Gasteiger partial charge in [-0.05, 0) is 66.8 Å². The van der Waals surface area contributed by atoms with E-state index in [1.165, 1.54) is 16.4 Å². The van der Waals surface area contributed by atoms with Crippen LogP contribution in [0.3, 0.4) is 0 Å². The molecule has 0 aliphatic rings. The lowest BCUT2D eigenvalue weighted by atomic mass is 9.83. The highest BCUT2D eigenvalue weighted by Gasteiger charge is 2.35. The number of benzene rings is 5. The first-order valence-electron chi connectivity index (χ1n) is 13.5. The molecule has 216 valence electrons. The summed E-state index contributed by atoms with van der Waals surface area (Å²) in [6.07, 6.45) is 0. The van der Waals surface area contributed by atoms with E-state index >= 15 is 0 Å². The second kappa shape index (κ2) is 11.2. The van der Waals surface area contributed by atoms with E-state index in [-0.39, 0.29) is 26.4 Å². The number of halogens is 2. The fraction of sp³-hybridized carbons (Fsp3) is 0.176. The molecule has 5 aromatic carbocycles. The number of sulfonamides is 1. The molecule has 0 fully saturated rings. The summed E-state index contributed by atoms with van der Waals surface area (Å²) in [5.41, 5.74) is 4.49. The molecule has 0 spiro atoms. The van der Waals surface area contributed by atoms with Gasteiger partial charge in [-0.25, -0.2) is 12.7 Å². The maximum Gasteiger partial charge on any atom is 0.268 e. The number of nitrogens with one attached hydrogen (secondary N) is 1. The molecule has 42 heavy (non-hydrogen) atoms. The second-order valence-electron chi connectivity index (χ2n) is 11.4. The van der Waals surface area contributed by atoms with Crippen molar-refractivity contribution in [2.45, 2.75) is 44.9 Å². The van der Waals surface area contributed by atoms with Crippen molar-refractivity contribution in [1.29, 1.82) is 0 Å². The van der Waals surface area contributed by atoms with Crippen LogP contribution in [0.15, 0.2) is 95.9 Å². The summed E-state index contributed by atoms with van der Waals surface area (Å²) in [4.78, 5) is 0.149. The van der Waals surface area contributed by atoms with Crippen LogP contribution in [0.1, 0.15) is 37.5 Å². The Labute approximate surface area is 257 Å². The van der Waals surface area contributed by atoms with E-state index in [4.69, 9.17) is 23.2 Å². The molecule has 0 amide bonds. The Morgan fingerprint density at radius 1 is 0.786 bits per heavy atom. The van der Waals surface area contributed by atoms with Crippen molar-refractivity contribution in [3.63, 3.8) is 0 Å². The molecule has 0 aliphatic heterocycles. The summed E-state index contributed by atoms with van der Waals surface area (Å²) in [6.45, 7) is 9.94. The van der Waals surface area contributed by atoms with Gasteiger partial charge in [0.15, 0.2) is 5.75 Å². The third kappa shape index (κ3) is 5.54. The number of phenols is 1. The Bertz CT molecular complexity index is 1890. The van der Waals surface area contributed by atoms with Crippen LogP contribution in [0.25, 0.3) is 10.8 Å². The predicted octanol–water partition coefficient (Wildman–Crippen LogP) is 10.0. The van der Waals surface area contributed by atoms with E-state index in [0.29, 0.717) is 11.3 Å². The molecule has 5 rings (SSSR count). The van der Waals surface area contributed by atoms with Crippen LogP contribution in [0.2, 0.25) is 10.0 Å². The zero-order chi connectivity index (χ0) is 30.4. The van der Waals surface area contributed by atoms with Crippen LogP contribution in [0, 0.1) is 13.8 Å². The highest BCUT2D eigenvalue weighted by molar-refractivity contribution is 7.93. The Hall–Kier alpha value is -3.71. The fourth-order valence-corrected chi connectivity index (χ4v) is 7.27. The Balaban J connectivity index is 1.90. The van der Waals surface area contributed by atoms with Crippen molar-refractivity contribution < 1.29 is 13.5 Å². The lowest BCUT2D eigenvalue weighted by Gasteiger charge is -2.33. The third-order valence-corrected chi connectivity index (χ3v) is 9.67. The maximum atomic E-state index is 14.8. The molecule has 8 heteroatoms. The topological polar surface area (TPSA) is 69.6 Å². The number of hydrogen-bond acceptors (Lipinski definition) is 4. The Kier molecular flexibility index (Phi) is 7.92. The first kappa shape index (κ1) is 29.8. The van der Waals surface area contributed by atoms with Gasteiger partial charge in [0.25, 0.3) is 10.0 Å². The molecule has 0 aliphatic carbocycles. The molecule has 0 unspecified atom stereocenters. The van der Waals surface area contributed by atoms with Crippen molar-refractivity contribution in [2.24, 2.45) is 0 Å². The number of anilines is 4. The molecule has 0 radical (unpaired) electrons. The van der Waals surface area contributed by atoms with Crippen LogP contribution in [-0.4, -0.2) is 13.5 Å². The molecule has 5 aromatic rings. The molecule has 2 N–H and O–H groups in total. The van der Waals surface area contributed by atoms with Crippen molar-refractivity contribution >= 4 is 66.7 Å². The number of aromatic hydroxyl groups is 1. The highest BCUT2D eigenvalue weighted by Crippen LogP contribution is 2.48. The van der Waals surface area contributed by atoms with Crippen LogP contribution >= 0.6 is 23.2 Å². The number of nitrogens with zero attached hydrogens (tertiary/aromatic N) is 1. The Morgan fingerprint density at radius 2 is 1.36 bits per heavy atom.